The van der Waals surface area contributed by atoms with Crippen LogP contribution in [0.4, 0.5) is 18.9 Å². The smallest absolute Gasteiger partial charge is 0.258 e. The number of halogens is 4. The van der Waals surface area contributed by atoms with Gasteiger partial charge in [-0.2, -0.15) is 13.2 Å². The molecule has 0 unspecified atom stereocenters. The van der Waals surface area contributed by atoms with Crippen LogP contribution in [0.5, 0.6) is 0 Å². The molecule has 0 spiro atoms. The first-order chi connectivity index (χ1) is 11.8. The van der Waals surface area contributed by atoms with E-state index in [4.69, 9.17) is 11.6 Å². The van der Waals surface area contributed by atoms with E-state index in [1.54, 1.807) is 24.3 Å². The minimum Gasteiger partial charge on any atom is -0.258 e. The number of nitro benzene ring substituents is 1. The fourth-order valence-electron chi connectivity index (χ4n) is 2.20. The van der Waals surface area contributed by atoms with Gasteiger partial charge in [-0.05, 0) is 24.3 Å². The molecule has 0 saturated carbocycles. The summed E-state index contributed by atoms with van der Waals surface area (Å²) >= 11 is 5.80. The van der Waals surface area contributed by atoms with Gasteiger partial charge in [-0.1, -0.05) is 28.9 Å². The molecule has 6 nitrogen and oxygen atoms in total. The SMILES string of the molecule is O=[N+]([O-])c1ccc(-n2cc(-c3ccc(Cl)cc3)nn2)cc1C(F)(F)F. The Morgan fingerprint density at radius 3 is 2.40 bits per heavy atom. The molecule has 1 aromatic heterocycles. The van der Waals surface area contributed by atoms with Gasteiger partial charge in [0.1, 0.15) is 11.3 Å². The van der Waals surface area contributed by atoms with Crippen LogP contribution in [0.2, 0.25) is 5.02 Å². The van der Waals surface area contributed by atoms with Gasteiger partial charge in [0.05, 0.1) is 16.8 Å². The van der Waals surface area contributed by atoms with Gasteiger partial charge >= 0.3 is 6.18 Å². The first-order valence-corrected chi connectivity index (χ1v) is 7.18. The molecule has 0 radical (unpaired) electrons. The van der Waals surface area contributed by atoms with E-state index >= 15 is 0 Å². The van der Waals surface area contributed by atoms with Gasteiger partial charge in [-0.3, -0.25) is 10.1 Å². The fraction of sp³-hybridized carbons (Fsp3) is 0.0667. The highest BCUT2D eigenvalue weighted by molar-refractivity contribution is 6.30. The van der Waals surface area contributed by atoms with Gasteiger partial charge < -0.3 is 0 Å². The molecule has 25 heavy (non-hydrogen) atoms. The number of nitro groups is 1. The number of alkyl halides is 3. The summed E-state index contributed by atoms with van der Waals surface area (Å²) in [5.41, 5.74) is -1.27. The number of hydrogen-bond donors (Lipinski definition) is 0. The molecule has 0 bridgehead atoms. The van der Waals surface area contributed by atoms with E-state index in [0.717, 1.165) is 10.7 Å². The highest BCUT2D eigenvalue weighted by Crippen LogP contribution is 2.37. The van der Waals surface area contributed by atoms with Gasteiger partial charge in [0.15, 0.2) is 0 Å². The van der Waals surface area contributed by atoms with Crippen molar-refractivity contribution in [3.63, 3.8) is 0 Å². The quantitative estimate of drug-likeness (QED) is 0.503. The van der Waals surface area contributed by atoms with Crippen LogP contribution in [0.1, 0.15) is 5.56 Å². The maximum absolute atomic E-state index is 13.1. The zero-order valence-corrected chi connectivity index (χ0v) is 13.0. The highest BCUT2D eigenvalue weighted by atomic mass is 35.5. The van der Waals surface area contributed by atoms with Crippen molar-refractivity contribution in [3.8, 4) is 16.9 Å². The van der Waals surface area contributed by atoms with Crippen molar-refractivity contribution in [2.45, 2.75) is 6.18 Å². The van der Waals surface area contributed by atoms with Crippen molar-refractivity contribution in [2.75, 3.05) is 0 Å². The van der Waals surface area contributed by atoms with Gasteiger partial charge in [0, 0.05) is 16.7 Å². The van der Waals surface area contributed by atoms with Crippen LogP contribution in [-0.2, 0) is 6.18 Å². The average Bonchev–Trinajstić information content (AvgIpc) is 3.04. The van der Waals surface area contributed by atoms with E-state index in [0.29, 0.717) is 22.3 Å². The molecular weight excluding hydrogens is 361 g/mol. The zero-order chi connectivity index (χ0) is 18.2. The molecule has 2 aromatic carbocycles. The van der Waals surface area contributed by atoms with E-state index in [1.165, 1.54) is 12.3 Å². The first kappa shape index (κ1) is 16.9. The molecule has 1 heterocycles. The summed E-state index contributed by atoms with van der Waals surface area (Å²) < 4.78 is 40.3. The second kappa shape index (κ2) is 6.17. The standard InChI is InChI=1S/C15H8ClF3N4O2/c16-10-3-1-9(2-4-10)13-8-22(21-20-13)11-5-6-14(23(24)25)12(7-11)15(17,18)19/h1-8H. The fourth-order valence-corrected chi connectivity index (χ4v) is 2.32. The summed E-state index contributed by atoms with van der Waals surface area (Å²) in [7, 11) is 0. The maximum atomic E-state index is 13.1. The molecule has 0 aliphatic carbocycles. The Morgan fingerprint density at radius 1 is 1.12 bits per heavy atom. The summed E-state index contributed by atoms with van der Waals surface area (Å²) in [6.07, 6.45) is -3.44. The molecule has 3 rings (SSSR count). The Kier molecular flexibility index (Phi) is 4.17. The minimum atomic E-state index is -4.86. The third-order valence-electron chi connectivity index (χ3n) is 3.38. The number of benzene rings is 2. The maximum Gasteiger partial charge on any atom is 0.423 e. The lowest BCUT2D eigenvalue weighted by molar-refractivity contribution is -0.388. The van der Waals surface area contributed by atoms with Crippen LogP contribution >= 0.6 is 11.6 Å². The van der Waals surface area contributed by atoms with Crippen molar-refractivity contribution in [1.29, 1.82) is 0 Å². The Bertz CT molecular complexity index is 939. The second-order valence-corrected chi connectivity index (χ2v) is 5.45. The number of rotatable bonds is 3. The van der Waals surface area contributed by atoms with Gasteiger partial charge in [-0.15, -0.1) is 5.10 Å². The lowest BCUT2D eigenvalue weighted by Gasteiger charge is -2.09. The van der Waals surface area contributed by atoms with Crippen molar-refractivity contribution in [1.82, 2.24) is 15.0 Å². The average molecular weight is 369 g/mol. The van der Waals surface area contributed by atoms with Crippen molar-refractivity contribution in [2.24, 2.45) is 0 Å². The Morgan fingerprint density at radius 2 is 1.80 bits per heavy atom. The number of nitrogens with zero attached hydrogens (tertiary/aromatic N) is 4. The Labute approximate surface area is 143 Å². The summed E-state index contributed by atoms with van der Waals surface area (Å²) in [6.45, 7) is 0. The summed E-state index contributed by atoms with van der Waals surface area (Å²) in [5.74, 6) is 0. The molecule has 3 aromatic rings. The van der Waals surface area contributed by atoms with Crippen LogP contribution in [0, 0.1) is 10.1 Å². The van der Waals surface area contributed by atoms with Crippen molar-refractivity contribution >= 4 is 17.3 Å². The first-order valence-electron chi connectivity index (χ1n) is 6.80. The van der Waals surface area contributed by atoms with Crippen molar-refractivity contribution < 1.29 is 18.1 Å². The number of aromatic nitrogens is 3. The minimum absolute atomic E-state index is 0.00522. The molecule has 0 saturated heterocycles. The van der Waals surface area contributed by atoms with Crippen LogP contribution in [0.15, 0.2) is 48.7 Å². The van der Waals surface area contributed by atoms with Crippen LogP contribution < -0.4 is 0 Å². The largest absolute Gasteiger partial charge is 0.423 e. The lowest BCUT2D eigenvalue weighted by atomic mass is 10.1. The highest BCUT2D eigenvalue weighted by Gasteiger charge is 2.38. The van der Waals surface area contributed by atoms with Gasteiger partial charge in [-0.25, -0.2) is 4.68 Å². The number of hydrogen-bond acceptors (Lipinski definition) is 4. The summed E-state index contributed by atoms with van der Waals surface area (Å²) in [4.78, 5) is 9.72. The predicted octanol–water partition coefficient (Wildman–Crippen LogP) is 4.51. The Hall–Kier alpha value is -2.94. The molecule has 0 atom stereocenters. The molecular formula is C15H8ClF3N4O2. The molecule has 10 heteroatoms. The van der Waals surface area contributed by atoms with Crippen LogP contribution in [0.3, 0.4) is 0 Å². The van der Waals surface area contributed by atoms with Gasteiger partial charge in [0.2, 0.25) is 0 Å². The van der Waals surface area contributed by atoms with E-state index in [1.807, 2.05) is 0 Å². The third-order valence-corrected chi connectivity index (χ3v) is 3.63. The Balaban J connectivity index is 2.03. The third kappa shape index (κ3) is 3.45. The molecule has 128 valence electrons. The summed E-state index contributed by atoms with van der Waals surface area (Å²) in [6, 6.07) is 9.29. The van der Waals surface area contributed by atoms with E-state index < -0.39 is 22.4 Å². The zero-order valence-electron chi connectivity index (χ0n) is 12.2. The molecule has 0 aliphatic rings. The van der Waals surface area contributed by atoms with Crippen LogP contribution in [-0.4, -0.2) is 19.9 Å². The van der Waals surface area contributed by atoms with Crippen LogP contribution in [0.25, 0.3) is 16.9 Å². The molecule has 0 aliphatic heterocycles. The monoisotopic (exact) mass is 368 g/mol. The normalized spacial score (nSPS) is 11.5. The second-order valence-electron chi connectivity index (χ2n) is 5.01. The van der Waals surface area contributed by atoms with Gasteiger partial charge in [0.25, 0.3) is 5.69 Å². The van der Waals surface area contributed by atoms with E-state index in [2.05, 4.69) is 10.3 Å². The van der Waals surface area contributed by atoms with E-state index in [-0.39, 0.29) is 5.69 Å². The topological polar surface area (TPSA) is 73.8 Å². The molecule has 0 amide bonds. The lowest BCUT2D eigenvalue weighted by Crippen LogP contribution is -2.10. The molecule has 0 fully saturated rings. The van der Waals surface area contributed by atoms with E-state index in [9.17, 15) is 23.3 Å². The summed E-state index contributed by atoms with van der Waals surface area (Å²) in [5, 5.41) is 19.0. The predicted molar refractivity (Wildman–Crippen MR) is 83.5 cm³/mol. The molecule has 0 N–H and O–H groups in total. The van der Waals surface area contributed by atoms with Crippen molar-refractivity contribution in [3.05, 3.63) is 69.4 Å².